The zero-order valence-electron chi connectivity index (χ0n) is 12.7. The minimum Gasteiger partial charge on any atom is -0.287 e. The molecule has 2 N–H and O–H groups in total. The molecule has 0 fully saturated rings. The number of nitrogens with two attached hydrogens (primary N) is 1. The van der Waals surface area contributed by atoms with Crippen molar-refractivity contribution in [3.63, 3.8) is 0 Å². The van der Waals surface area contributed by atoms with Crippen LogP contribution < -0.4 is 5.84 Å². The van der Waals surface area contributed by atoms with Crippen LogP contribution in [0.3, 0.4) is 0 Å². The fourth-order valence-electron chi connectivity index (χ4n) is 2.14. The lowest BCUT2D eigenvalue weighted by Crippen LogP contribution is -2.32. The Hall–Kier alpha value is -2.04. The SMILES string of the molecule is Cc1cccc(CCN=C(CN(C)N)c2ccccc2)n1. The molecule has 0 aliphatic rings. The van der Waals surface area contributed by atoms with Crippen molar-refractivity contribution < 1.29 is 0 Å². The van der Waals surface area contributed by atoms with Crippen LogP contribution in [0.15, 0.2) is 53.5 Å². The first kappa shape index (κ1) is 15.4. The van der Waals surface area contributed by atoms with Crippen LogP contribution in [0.2, 0.25) is 0 Å². The molecule has 2 aromatic rings. The van der Waals surface area contributed by atoms with E-state index >= 15 is 0 Å². The normalized spacial score (nSPS) is 11.9. The van der Waals surface area contributed by atoms with Crippen LogP contribution in [0.4, 0.5) is 0 Å². The number of benzene rings is 1. The van der Waals surface area contributed by atoms with E-state index in [2.05, 4.69) is 17.1 Å². The molecule has 0 aliphatic heterocycles. The molecule has 4 heteroatoms. The Kier molecular flexibility index (Phi) is 5.60. The number of likely N-dealkylation sites (N-methyl/N-ethyl adjacent to an activating group) is 1. The lowest BCUT2D eigenvalue weighted by atomic mass is 10.1. The van der Waals surface area contributed by atoms with E-state index in [0.29, 0.717) is 13.1 Å². The summed E-state index contributed by atoms with van der Waals surface area (Å²) in [5.74, 6) is 5.77. The van der Waals surface area contributed by atoms with Crippen LogP contribution in [-0.2, 0) is 6.42 Å². The molecule has 0 aliphatic carbocycles. The summed E-state index contributed by atoms with van der Waals surface area (Å²) in [7, 11) is 1.85. The molecule has 110 valence electrons. The van der Waals surface area contributed by atoms with Crippen LogP contribution >= 0.6 is 0 Å². The summed E-state index contributed by atoms with van der Waals surface area (Å²) >= 11 is 0. The summed E-state index contributed by atoms with van der Waals surface area (Å²) < 4.78 is 0. The van der Waals surface area contributed by atoms with Crippen LogP contribution in [0, 0.1) is 6.92 Å². The predicted octanol–water partition coefficient (Wildman–Crippen LogP) is 2.23. The minimum atomic E-state index is 0.630. The van der Waals surface area contributed by atoms with Gasteiger partial charge in [0.05, 0.1) is 12.3 Å². The molecule has 0 radical (unpaired) electrons. The Bertz CT molecular complexity index is 591. The molecule has 21 heavy (non-hydrogen) atoms. The van der Waals surface area contributed by atoms with E-state index in [1.807, 2.05) is 50.4 Å². The van der Waals surface area contributed by atoms with E-state index < -0.39 is 0 Å². The molecule has 0 saturated heterocycles. The fourth-order valence-corrected chi connectivity index (χ4v) is 2.14. The van der Waals surface area contributed by atoms with Crippen molar-refractivity contribution in [1.82, 2.24) is 9.99 Å². The van der Waals surface area contributed by atoms with E-state index in [1.165, 1.54) is 0 Å². The van der Waals surface area contributed by atoms with Crippen molar-refractivity contribution in [2.75, 3.05) is 20.1 Å². The smallest absolute Gasteiger partial charge is 0.0575 e. The predicted molar refractivity (Wildman–Crippen MR) is 87.3 cm³/mol. The quantitative estimate of drug-likeness (QED) is 0.502. The first-order valence-corrected chi connectivity index (χ1v) is 7.12. The summed E-state index contributed by atoms with van der Waals surface area (Å²) in [6.45, 7) is 3.35. The highest BCUT2D eigenvalue weighted by Gasteiger charge is 2.05. The monoisotopic (exact) mass is 282 g/mol. The lowest BCUT2D eigenvalue weighted by molar-refractivity contribution is 0.401. The van der Waals surface area contributed by atoms with Gasteiger partial charge in [-0.2, -0.15) is 0 Å². The summed E-state index contributed by atoms with van der Waals surface area (Å²) in [6, 6.07) is 16.2. The third-order valence-electron chi connectivity index (χ3n) is 3.12. The maximum absolute atomic E-state index is 5.77. The summed E-state index contributed by atoms with van der Waals surface area (Å²) in [5, 5.41) is 1.65. The van der Waals surface area contributed by atoms with Gasteiger partial charge in [0.2, 0.25) is 0 Å². The Morgan fingerprint density at radius 2 is 1.90 bits per heavy atom. The summed E-state index contributed by atoms with van der Waals surface area (Å²) in [4.78, 5) is 9.21. The van der Waals surface area contributed by atoms with E-state index in [-0.39, 0.29) is 0 Å². The lowest BCUT2D eigenvalue weighted by Gasteiger charge is -2.12. The molecule has 1 aromatic heterocycles. The first-order valence-electron chi connectivity index (χ1n) is 7.12. The zero-order valence-corrected chi connectivity index (χ0v) is 12.7. The van der Waals surface area contributed by atoms with Crippen molar-refractivity contribution in [2.45, 2.75) is 13.3 Å². The number of rotatable bonds is 6. The van der Waals surface area contributed by atoms with Gasteiger partial charge in [-0.1, -0.05) is 36.4 Å². The number of hydrogen-bond donors (Lipinski definition) is 1. The Labute approximate surface area is 126 Å². The van der Waals surface area contributed by atoms with E-state index in [9.17, 15) is 0 Å². The minimum absolute atomic E-state index is 0.630. The molecule has 0 saturated carbocycles. The van der Waals surface area contributed by atoms with E-state index in [0.717, 1.165) is 29.1 Å². The van der Waals surface area contributed by atoms with Gasteiger partial charge in [0.15, 0.2) is 0 Å². The van der Waals surface area contributed by atoms with Crippen LogP contribution in [0.25, 0.3) is 0 Å². The number of nitrogens with zero attached hydrogens (tertiary/aromatic N) is 3. The first-order chi connectivity index (χ1) is 10.1. The van der Waals surface area contributed by atoms with Gasteiger partial charge in [0, 0.05) is 31.4 Å². The van der Waals surface area contributed by atoms with Crippen LogP contribution in [0.5, 0.6) is 0 Å². The number of aromatic nitrogens is 1. The van der Waals surface area contributed by atoms with Crippen LogP contribution in [-0.4, -0.2) is 35.8 Å². The third kappa shape index (κ3) is 5.10. The van der Waals surface area contributed by atoms with Gasteiger partial charge in [-0.05, 0) is 24.6 Å². The molecule has 4 nitrogen and oxygen atoms in total. The molecular weight excluding hydrogens is 260 g/mol. The zero-order chi connectivity index (χ0) is 15.1. The average Bonchev–Trinajstić information content (AvgIpc) is 2.47. The molecule has 0 amide bonds. The number of aliphatic imine (C=N–C) groups is 1. The molecule has 0 atom stereocenters. The highest BCUT2D eigenvalue weighted by Crippen LogP contribution is 2.04. The maximum Gasteiger partial charge on any atom is 0.0575 e. The molecule has 1 aromatic carbocycles. The molecule has 2 rings (SSSR count). The van der Waals surface area contributed by atoms with Crippen molar-refractivity contribution in [3.8, 4) is 0 Å². The number of pyridine rings is 1. The molecular formula is C17H22N4. The molecule has 0 bridgehead atoms. The van der Waals surface area contributed by atoms with Gasteiger partial charge in [-0.25, -0.2) is 5.01 Å². The standard InChI is InChI=1S/C17H22N4/c1-14-7-6-10-16(20-14)11-12-19-17(13-21(2)18)15-8-4-3-5-9-15/h3-10H,11-13,18H2,1-2H3. The van der Waals surface area contributed by atoms with Gasteiger partial charge in [-0.3, -0.25) is 15.8 Å². The van der Waals surface area contributed by atoms with Gasteiger partial charge >= 0.3 is 0 Å². The maximum atomic E-state index is 5.77. The number of hydrazine groups is 1. The highest BCUT2D eigenvalue weighted by molar-refractivity contribution is 6.02. The second kappa shape index (κ2) is 7.67. The Morgan fingerprint density at radius 1 is 1.14 bits per heavy atom. The molecule has 0 spiro atoms. The Morgan fingerprint density at radius 3 is 2.57 bits per heavy atom. The second-order valence-electron chi connectivity index (χ2n) is 5.13. The number of hydrogen-bond acceptors (Lipinski definition) is 4. The van der Waals surface area contributed by atoms with Crippen molar-refractivity contribution in [2.24, 2.45) is 10.8 Å². The van der Waals surface area contributed by atoms with Crippen molar-refractivity contribution >= 4 is 5.71 Å². The molecule has 1 heterocycles. The largest absolute Gasteiger partial charge is 0.287 e. The summed E-state index contributed by atoms with van der Waals surface area (Å²) in [6.07, 6.45) is 0.840. The Balaban J connectivity index is 2.06. The van der Waals surface area contributed by atoms with E-state index in [4.69, 9.17) is 10.8 Å². The fraction of sp³-hybridized carbons (Fsp3) is 0.294. The van der Waals surface area contributed by atoms with Crippen LogP contribution in [0.1, 0.15) is 17.0 Å². The second-order valence-corrected chi connectivity index (χ2v) is 5.13. The van der Waals surface area contributed by atoms with Gasteiger partial charge < -0.3 is 0 Å². The van der Waals surface area contributed by atoms with E-state index in [1.54, 1.807) is 5.01 Å². The van der Waals surface area contributed by atoms with Gasteiger partial charge in [-0.15, -0.1) is 0 Å². The summed E-state index contributed by atoms with van der Waals surface area (Å²) in [5.41, 5.74) is 4.24. The topological polar surface area (TPSA) is 54.5 Å². The third-order valence-corrected chi connectivity index (χ3v) is 3.12. The highest BCUT2D eigenvalue weighted by atomic mass is 15.4. The van der Waals surface area contributed by atoms with Crippen molar-refractivity contribution in [3.05, 3.63) is 65.5 Å². The van der Waals surface area contributed by atoms with Gasteiger partial charge in [0.1, 0.15) is 0 Å². The van der Waals surface area contributed by atoms with Crippen molar-refractivity contribution in [1.29, 1.82) is 0 Å². The van der Waals surface area contributed by atoms with Gasteiger partial charge in [0.25, 0.3) is 0 Å². The molecule has 0 unspecified atom stereocenters. The number of aryl methyl sites for hydroxylation is 1. The average molecular weight is 282 g/mol.